The highest BCUT2D eigenvalue weighted by molar-refractivity contribution is 6.40. The molecule has 21 heavy (non-hydrogen) atoms. The largest absolute Gasteiger partial charge is 0.465 e. The summed E-state index contributed by atoms with van der Waals surface area (Å²) >= 11 is 5.32. The molecule has 2 amide bonds. The molecular formula is C13H16ClFN2O4. The number of primary amides is 1. The fourth-order valence-corrected chi connectivity index (χ4v) is 1.14. The van der Waals surface area contributed by atoms with E-state index in [0.29, 0.717) is 0 Å². The first-order valence-corrected chi connectivity index (χ1v) is 6.35. The second kappa shape index (κ2) is 9.71. The summed E-state index contributed by atoms with van der Waals surface area (Å²) in [4.78, 5) is 31.3. The van der Waals surface area contributed by atoms with E-state index in [2.05, 4.69) is 10.1 Å². The maximum Gasteiger partial charge on any atom is 0.331 e. The van der Waals surface area contributed by atoms with Crippen LogP contribution in [0.15, 0.2) is 24.3 Å². The molecule has 0 fully saturated rings. The molecule has 1 aromatic carbocycles. The molecule has 0 aliphatic heterocycles. The molecule has 0 aromatic heterocycles. The first-order chi connectivity index (χ1) is 9.79. The highest BCUT2D eigenvalue weighted by Crippen LogP contribution is 2.11. The summed E-state index contributed by atoms with van der Waals surface area (Å²) in [5, 5.41) is 0.998. The van der Waals surface area contributed by atoms with Crippen LogP contribution < -0.4 is 11.1 Å². The Kier molecular flexibility index (Phi) is 8.71. The van der Waals surface area contributed by atoms with E-state index in [9.17, 15) is 18.8 Å². The fraction of sp³-hybridized carbons (Fsp3) is 0.308. The number of Topliss-reactive ketones (excluding diaryl/α,β-unsaturated/α-hetero) is 1. The van der Waals surface area contributed by atoms with Crippen LogP contribution in [0, 0.1) is 5.82 Å². The number of hydrogen-bond acceptors (Lipinski definition) is 4. The molecule has 6 nitrogen and oxygen atoms in total. The van der Waals surface area contributed by atoms with Crippen molar-refractivity contribution in [1.82, 2.24) is 0 Å². The molecule has 1 rings (SSSR count). The average molecular weight is 319 g/mol. The monoisotopic (exact) mass is 318 g/mol. The molecule has 0 aliphatic carbocycles. The van der Waals surface area contributed by atoms with Crippen molar-refractivity contribution < 1.29 is 23.5 Å². The number of carbonyl (C=O) groups is 3. The van der Waals surface area contributed by atoms with Crippen molar-refractivity contribution in [2.75, 3.05) is 11.9 Å². The number of ketones is 1. The molecule has 0 saturated heterocycles. The summed E-state index contributed by atoms with van der Waals surface area (Å²) in [6, 6.07) is 5.04. The number of nitrogens with two attached hydrogens (primary N) is 1. The molecule has 0 bridgehead atoms. The molecule has 0 radical (unpaired) electrons. The van der Waals surface area contributed by atoms with E-state index in [4.69, 9.17) is 17.3 Å². The van der Waals surface area contributed by atoms with Gasteiger partial charge in [-0.15, -0.1) is 11.6 Å². The minimum atomic E-state index is -1.14. The van der Waals surface area contributed by atoms with E-state index < -0.39 is 23.2 Å². The molecule has 1 atom stereocenters. The zero-order valence-electron chi connectivity index (χ0n) is 11.6. The number of urea groups is 1. The van der Waals surface area contributed by atoms with Crippen LogP contribution >= 0.6 is 11.6 Å². The first-order valence-electron chi connectivity index (χ1n) is 5.91. The number of halogens is 2. The minimum absolute atomic E-state index is 0.0972. The Morgan fingerprint density at radius 1 is 1.38 bits per heavy atom. The zero-order chi connectivity index (χ0) is 16.4. The van der Waals surface area contributed by atoms with Crippen LogP contribution in [0.4, 0.5) is 14.9 Å². The highest BCUT2D eigenvalue weighted by atomic mass is 35.5. The predicted octanol–water partition coefficient (Wildman–Crippen LogP) is 2.06. The number of benzene rings is 1. The quantitative estimate of drug-likeness (QED) is 0.504. The van der Waals surface area contributed by atoms with Gasteiger partial charge in [0.1, 0.15) is 5.82 Å². The van der Waals surface area contributed by atoms with Gasteiger partial charge in [-0.25, -0.2) is 14.0 Å². The van der Waals surface area contributed by atoms with Gasteiger partial charge in [0.25, 0.3) is 0 Å². The number of para-hydroxylation sites is 1. The van der Waals surface area contributed by atoms with Gasteiger partial charge in [-0.2, -0.15) is 0 Å². The summed E-state index contributed by atoms with van der Waals surface area (Å²) in [6.07, 6.45) is 0. The van der Waals surface area contributed by atoms with Crippen LogP contribution in [0.1, 0.15) is 13.8 Å². The van der Waals surface area contributed by atoms with Crippen molar-refractivity contribution >= 4 is 35.1 Å². The molecule has 116 valence electrons. The van der Waals surface area contributed by atoms with Crippen LogP contribution in [0.25, 0.3) is 0 Å². The number of esters is 1. The smallest absolute Gasteiger partial charge is 0.331 e. The molecule has 0 heterocycles. The number of rotatable bonds is 4. The highest BCUT2D eigenvalue weighted by Gasteiger charge is 2.20. The molecule has 1 unspecified atom stereocenters. The van der Waals surface area contributed by atoms with Gasteiger partial charge in [0, 0.05) is 0 Å². The lowest BCUT2D eigenvalue weighted by Gasteiger charge is -2.03. The van der Waals surface area contributed by atoms with Gasteiger partial charge in [-0.3, -0.25) is 4.79 Å². The van der Waals surface area contributed by atoms with E-state index in [1.807, 2.05) is 0 Å². The lowest BCUT2D eigenvalue weighted by molar-refractivity contribution is -0.144. The summed E-state index contributed by atoms with van der Waals surface area (Å²) in [6.45, 7) is 3.14. The zero-order valence-corrected chi connectivity index (χ0v) is 12.3. The second-order valence-electron chi connectivity index (χ2n) is 3.69. The average Bonchev–Trinajstić information content (AvgIpc) is 2.41. The number of ether oxygens (including phenoxy) is 1. The predicted molar refractivity (Wildman–Crippen MR) is 76.6 cm³/mol. The van der Waals surface area contributed by atoms with E-state index in [1.54, 1.807) is 13.0 Å². The van der Waals surface area contributed by atoms with Crippen molar-refractivity contribution in [2.45, 2.75) is 19.2 Å². The Bertz CT molecular complexity index is 511. The van der Waals surface area contributed by atoms with Gasteiger partial charge in [-0.1, -0.05) is 12.1 Å². The lowest BCUT2D eigenvalue weighted by Crippen LogP contribution is -2.24. The van der Waals surface area contributed by atoms with Crippen LogP contribution in [0.2, 0.25) is 0 Å². The molecule has 0 aliphatic rings. The number of carbonyl (C=O) groups excluding carboxylic acids is 3. The van der Waals surface area contributed by atoms with Crippen molar-refractivity contribution in [3.05, 3.63) is 30.1 Å². The Morgan fingerprint density at radius 3 is 2.38 bits per heavy atom. The second-order valence-corrected chi connectivity index (χ2v) is 4.13. The number of amides is 2. The number of nitrogens with one attached hydrogen (secondary N) is 1. The lowest BCUT2D eigenvalue weighted by atomic mass is 10.3. The van der Waals surface area contributed by atoms with E-state index in [-0.39, 0.29) is 18.1 Å². The van der Waals surface area contributed by atoms with Gasteiger partial charge in [0.05, 0.1) is 12.3 Å². The summed E-state index contributed by atoms with van der Waals surface area (Å²) < 4.78 is 17.2. The number of hydrogen-bond donors (Lipinski definition) is 2. The standard InChI is InChI=1S/C7H7FN2O.C6H9ClO3/c8-5-3-1-2-4-6(5)10-7(9)11;1-3-10-6(9)5(7)4(2)8/h1-4H,(H3,9,10,11);5H,3H2,1-2H3. The van der Waals surface area contributed by atoms with Crippen LogP contribution in [0.5, 0.6) is 0 Å². The maximum atomic E-state index is 12.7. The topological polar surface area (TPSA) is 98.5 Å². The Morgan fingerprint density at radius 2 is 1.95 bits per heavy atom. The SMILES string of the molecule is CCOC(=O)C(Cl)C(C)=O.NC(=O)Nc1ccccc1F. The summed E-state index contributed by atoms with van der Waals surface area (Å²) in [7, 11) is 0. The third kappa shape index (κ3) is 7.88. The first kappa shape index (κ1) is 18.9. The molecule has 8 heteroatoms. The molecule has 0 saturated carbocycles. The van der Waals surface area contributed by atoms with Crippen molar-refractivity contribution in [3.8, 4) is 0 Å². The maximum absolute atomic E-state index is 12.7. The van der Waals surface area contributed by atoms with Crippen molar-refractivity contribution in [3.63, 3.8) is 0 Å². The molecule has 1 aromatic rings. The fourth-order valence-electron chi connectivity index (χ4n) is 1.08. The number of alkyl halides is 1. The summed E-state index contributed by atoms with van der Waals surface area (Å²) in [5.41, 5.74) is 4.87. The molecule has 3 N–H and O–H groups in total. The van der Waals surface area contributed by atoms with E-state index in [0.717, 1.165) is 0 Å². The van der Waals surface area contributed by atoms with Gasteiger partial charge >= 0.3 is 12.0 Å². The third-order valence-corrected chi connectivity index (χ3v) is 2.47. The van der Waals surface area contributed by atoms with Gasteiger partial charge in [-0.05, 0) is 26.0 Å². The summed E-state index contributed by atoms with van der Waals surface area (Å²) in [5.74, 6) is -1.55. The van der Waals surface area contributed by atoms with Crippen molar-refractivity contribution in [1.29, 1.82) is 0 Å². The van der Waals surface area contributed by atoms with E-state index in [1.165, 1.54) is 25.1 Å². The Labute approximate surface area is 126 Å². The van der Waals surface area contributed by atoms with Crippen LogP contribution in [0.3, 0.4) is 0 Å². The normalized spacial score (nSPS) is 10.7. The van der Waals surface area contributed by atoms with Gasteiger partial charge in [0.2, 0.25) is 0 Å². The number of anilines is 1. The van der Waals surface area contributed by atoms with E-state index >= 15 is 0 Å². The van der Waals surface area contributed by atoms with Crippen molar-refractivity contribution in [2.24, 2.45) is 5.73 Å². The molecule has 0 spiro atoms. The third-order valence-electron chi connectivity index (χ3n) is 1.98. The molecular weight excluding hydrogens is 303 g/mol. The Hall–Kier alpha value is -2.15. The van der Waals surface area contributed by atoms with Crippen LogP contribution in [-0.4, -0.2) is 29.8 Å². The minimum Gasteiger partial charge on any atom is -0.465 e. The van der Waals surface area contributed by atoms with Gasteiger partial charge in [0.15, 0.2) is 11.2 Å². The van der Waals surface area contributed by atoms with Crippen LogP contribution in [-0.2, 0) is 14.3 Å². The Balaban J connectivity index is 0.000000384. The van der Waals surface area contributed by atoms with Gasteiger partial charge < -0.3 is 15.8 Å².